The Morgan fingerprint density at radius 1 is 1.38 bits per heavy atom. The normalized spacial score (nSPS) is 12.1. The van der Waals surface area contributed by atoms with Crippen LogP contribution in [0.2, 0.25) is 5.02 Å². The second kappa shape index (κ2) is 7.15. The van der Waals surface area contributed by atoms with E-state index < -0.39 is 0 Å². The van der Waals surface area contributed by atoms with Crippen molar-refractivity contribution in [1.29, 1.82) is 0 Å². The summed E-state index contributed by atoms with van der Waals surface area (Å²) in [6, 6.07) is 11.0. The molecule has 0 aliphatic rings. The lowest BCUT2D eigenvalue weighted by Gasteiger charge is -2.14. The van der Waals surface area contributed by atoms with E-state index in [2.05, 4.69) is 10.3 Å². The number of halogens is 1. The number of rotatable bonds is 5. The number of carbonyl (C=O) groups is 1. The van der Waals surface area contributed by atoms with Crippen LogP contribution in [0.5, 0.6) is 5.75 Å². The van der Waals surface area contributed by atoms with Crippen molar-refractivity contribution >= 4 is 40.5 Å². The largest absolute Gasteiger partial charge is 0.495 e. The van der Waals surface area contributed by atoms with Gasteiger partial charge in [-0.1, -0.05) is 29.4 Å². The molecule has 1 atom stereocenters. The molecule has 24 heavy (non-hydrogen) atoms. The van der Waals surface area contributed by atoms with E-state index in [0.717, 1.165) is 10.7 Å². The number of nitrogens with one attached hydrogen (secondary N) is 1. The van der Waals surface area contributed by atoms with Gasteiger partial charge >= 0.3 is 0 Å². The summed E-state index contributed by atoms with van der Waals surface area (Å²) in [6.45, 7) is 1.83. The van der Waals surface area contributed by atoms with Gasteiger partial charge in [0.05, 0.1) is 29.8 Å². The Labute approximate surface area is 149 Å². The summed E-state index contributed by atoms with van der Waals surface area (Å²) in [7, 11) is 1.55. The average molecular weight is 362 g/mol. The third-order valence-corrected chi connectivity index (χ3v) is 4.79. The Kier molecular flexibility index (Phi) is 4.97. The van der Waals surface area contributed by atoms with Crippen LogP contribution >= 0.6 is 23.4 Å². The van der Waals surface area contributed by atoms with Gasteiger partial charge < -0.3 is 10.1 Å². The molecule has 5 nitrogen and oxygen atoms in total. The highest BCUT2D eigenvalue weighted by molar-refractivity contribution is 8.00. The third kappa shape index (κ3) is 3.49. The standard InChI is InChI=1S/C17H16ClN3O2S/c1-11(24-17-19-10-13-5-3-4-8-21(13)17)16(22)20-14-9-12(18)6-7-15(14)23-2/h3-11H,1-2H3,(H,20,22). The highest BCUT2D eigenvalue weighted by Crippen LogP contribution is 2.29. The van der Waals surface area contributed by atoms with Crippen LogP contribution in [0.15, 0.2) is 53.9 Å². The first-order chi connectivity index (χ1) is 11.6. The maximum absolute atomic E-state index is 12.5. The molecule has 124 valence electrons. The molecular formula is C17H16ClN3O2S. The summed E-state index contributed by atoms with van der Waals surface area (Å²) >= 11 is 7.38. The monoisotopic (exact) mass is 361 g/mol. The van der Waals surface area contributed by atoms with Gasteiger partial charge in [-0.2, -0.15) is 0 Å². The van der Waals surface area contributed by atoms with Crippen LogP contribution in [-0.4, -0.2) is 27.7 Å². The molecule has 3 rings (SSSR count). The van der Waals surface area contributed by atoms with Gasteiger partial charge in [0.1, 0.15) is 5.75 Å². The molecule has 0 fully saturated rings. The van der Waals surface area contributed by atoms with Crippen LogP contribution in [0, 0.1) is 0 Å². The number of pyridine rings is 1. The Morgan fingerprint density at radius 2 is 2.21 bits per heavy atom. The zero-order chi connectivity index (χ0) is 17.1. The number of anilines is 1. The number of ether oxygens (including phenoxy) is 1. The van der Waals surface area contributed by atoms with Crippen LogP contribution in [0.1, 0.15) is 6.92 Å². The van der Waals surface area contributed by atoms with E-state index in [1.165, 1.54) is 11.8 Å². The average Bonchev–Trinajstić information content (AvgIpc) is 2.98. The molecule has 0 saturated heterocycles. The van der Waals surface area contributed by atoms with E-state index in [0.29, 0.717) is 16.5 Å². The molecule has 0 spiro atoms. The van der Waals surface area contributed by atoms with Crippen molar-refractivity contribution in [2.45, 2.75) is 17.3 Å². The predicted octanol–water partition coefficient (Wildman–Crippen LogP) is 4.12. The van der Waals surface area contributed by atoms with Crippen molar-refractivity contribution in [1.82, 2.24) is 9.38 Å². The first kappa shape index (κ1) is 16.7. The van der Waals surface area contributed by atoms with Crippen molar-refractivity contribution in [3.63, 3.8) is 0 Å². The number of hydrogen-bond acceptors (Lipinski definition) is 4. The molecular weight excluding hydrogens is 346 g/mol. The van der Waals surface area contributed by atoms with Gasteiger partial charge in [-0.3, -0.25) is 9.20 Å². The fraction of sp³-hybridized carbons (Fsp3) is 0.176. The molecule has 0 aliphatic heterocycles. The topological polar surface area (TPSA) is 55.6 Å². The first-order valence-electron chi connectivity index (χ1n) is 7.31. The number of carbonyl (C=O) groups excluding carboxylic acids is 1. The molecule has 1 aromatic carbocycles. The quantitative estimate of drug-likeness (QED) is 0.695. The van der Waals surface area contributed by atoms with Crippen molar-refractivity contribution in [3.05, 3.63) is 53.8 Å². The zero-order valence-electron chi connectivity index (χ0n) is 13.2. The number of hydrogen-bond donors (Lipinski definition) is 1. The third-order valence-electron chi connectivity index (χ3n) is 3.48. The van der Waals surface area contributed by atoms with Crippen LogP contribution < -0.4 is 10.1 Å². The second-order valence-corrected chi connectivity index (χ2v) is 6.87. The zero-order valence-corrected chi connectivity index (χ0v) is 14.8. The molecule has 0 aliphatic carbocycles. The minimum atomic E-state index is -0.334. The van der Waals surface area contributed by atoms with Gasteiger partial charge in [0.25, 0.3) is 0 Å². The Hall–Kier alpha value is -2.18. The second-order valence-electron chi connectivity index (χ2n) is 5.13. The van der Waals surface area contributed by atoms with Gasteiger partial charge in [-0.15, -0.1) is 0 Å². The van der Waals surface area contributed by atoms with Crippen molar-refractivity contribution in [3.8, 4) is 5.75 Å². The van der Waals surface area contributed by atoms with E-state index in [1.807, 2.05) is 35.7 Å². The minimum absolute atomic E-state index is 0.145. The van der Waals surface area contributed by atoms with E-state index in [1.54, 1.807) is 31.5 Å². The molecule has 1 amide bonds. The summed E-state index contributed by atoms with van der Waals surface area (Å²) < 4.78 is 7.20. The summed E-state index contributed by atoms with van der Waals surface area (Å²) in [4.78, 5) is 16.9. The highest BCUT2D eigenvalue weighted by atomic mass is 35.5. The number of amides is 1. The molecule has 2 heterocycles. The summed E-state index contributed by atoms with van der Waals surface area (Å²) in [6.07, 6.45) is 3.71. The fourth-order valence-electron chi connectivity index (χ4n) is 2.23. The Balaban J connectivity index is 1.74. The molecule has 2 aromatic heterocycles. The minimum Gasteiger partial charge on any atom is -0.495 e. The van der Waals surface area contributed by atoms with Crippen LogP contribution in [0.4, 0.5) is 5.69 Å². The smallest absolute Gasteiger partial charge is 0.237 e. The van der Waals surface area contributed by atoms with Gasteiger partial charge in [0.15, 0.2) is 5.16 Å². The summed E-state index contributed by atoms with van der Waals surface area (Å²) in [5.74, 6) is 0.421. The van der Waals surface area contributed by atoms with Crippen LogP contribution in [0.3, 0.4) is 0 Å². The summed E-state index contributed by atoms with van der Waals surface area (Å²) in [5.41, 5.74) is 1.54. The van der Waals surface area contributed by atoms with Gasteiger partial charge in [0, 0.05) is 11.2 Å². The molecule has 7 heteroatoms. The lowest BCUT2D eigenvalue weighted by molar-refractivity contribution is -0.115. The first-order valence-corrected chi connectivity index (χ1v) is 8.57. The molecule has 0 radical (unpaired) electrons. The van der Waals surface area contributed by atoms with Gasteiger partial charge in [-0.25, -0.2) is 4.98 Å². The molecule has 0 bridgehead atoms. The number of nitrogens with zero attached hydrogens (tertiary/aromatic N) is 2. The highest BCUT2D eigenvalue weighted by Gasteiger charge is 2.18. The van der Waals surface area contributed by atoms with Crippen molar-refractivity contribution in [2.75, 3.05) is 12.4 Å². The van der Waals surface area contributed by atoms with E-state index in [-0.39, 0.29) is 11.2 Å². The van der Waals surface area contributed by atoms with Crippen LogP contribution in [0.25, 0.3) is 5.52 Å². The maximum atomic E-state index is 12.5. The number of aromatic nitrogens is 2. The van der Waals surface area contributed by atoms with Crippen LogP contribution in [-0.2, 0) is 4.79 Å². The molecule has 1 unspecified atom stereocenters. The van der Waals surface area contributed by atoms with Crippen molar-refractivity contribution in [2.24, 2.45) is 0 Å². The van der Waals surface area contributed by atoms with Gasteiger partial charge in [0.2, 0.25) is 5.91 Å². The lowest BCUT2D eigenvalue weighted by Crippen LogP contribution is -2.23. The van der Waals surface area contributed by atoms with E-state index in [9.17, 15) is 4.79 Å². The Bertz CT molecular complexity index is 881. The SMILES string of the molecule is COc1ccc(Cl)cc1NC(=O)C(C)Sc1ncc2ccccn12. The lowest BCUT2D eigenvalue weighted by atomic mass is 10.3. The van der Waals surface area contributed by atoms with Gasteiger partial charge in [-0.05, 0) is 37.3 Å². The molecule has 1 N–H and O–H groups in total. The number of methoxy groups -OCH3 is 1. The molecule has 0 saturated carbocycles. The van der Waals surface area contributed by atoms with E-state index in [4.69, 9.17) is 16.3 Å². The molecule has 3 aromatic rings. The Morgan fingerprint density at radius 3 is 3.00 bits per heavy atom. The maximum Gasteiger partial charge on any atom is 0.237 e. The van der Waals surface area contributed by atoms with Crippen molar-refractivity contribution < 1.29 is 9.53 Å². The summed E-state index contributed by atoms with van der Waals surface area (Å²) in [5, 5.41) is 3.83. The fourth-order valence-corrected chi connectivity index (χ4v) is 3.28. The number of benzene rings is 1. The number of thioether (sulfide) groups is 1. The predicted molar refractivity (Wildman–Crippen MR) is 97.1 cm³/mol. The number of imidazole rings is 1. The van der Waals surface area contributed by atoms with E-state index >= 15 is 0 Å². The number of fused-ring (bicyclic) bond motifs is 1.